The normalized spacial score (nSPS) is 9.28. The van der Waals surface area contributed by atoms with Crippen LogP contribution >= 0.6 is 0 Å². The van der Waals surface area contributed by atoms with Crippen LogP contribution in [0.2, 0.25) is 0 Å². The molecule has 0 saturated heterocycles. The first-order chi connectivity index (χ1) is 12.1. The van der Waals surface area contributed by atoms with Crippen molar-refractivity contribution in [2.45, 2.75) is 47.0 Å². The molecule has 0 aliphatic rings. The summed E-state index contributed by atoms with van der Waals surface area (Å²) < 4.78 is 5.40. The summed E-state index contributed by atoms with van der Waals surface area (Å²) in [6, 6.07) is 15.8. The average Bonchev–Trinajstić information content (AvgIpc) is 2.61. The smallest absolute Gasteiger partial charge is 0.130 e. The van der Waals surface area contributed by atoms with Gasteiger partial charge in [-0.1, -0.05) is 44.2 Å². The number of Topliss-reactive ketones (excluding diaryl/α,β-unsaturated/α-hetero) is 1. The molecule has 0 spiro atoms. The lowest BCUT2D eigenvalue weighted by atomic mass is 10.1. The van der Waals surface area contributed by atoms with E-state index in [-0.39, 0.29) is 5.78 Å². The topological polar surface area (TPSA) is 26.3 Å². The number of ketones is 1. The molecule has 0 aromatic heterocycles. The SMILES string of the molecule is CCC.CCOc1ccc(C#Cc2ccc(CCC(C)=O)cc2)cc1. The Morgan fingerprint density at radius 3 is 1.80 bits per heavy atom. The van der Waals surface area contributed by atoms with Crippen molar-refractivity contribution in [3.05, 3.63) is 65.2 Å². The van der Waals surface area contributed by atoms with Gasteiger partial charge in [-0.15, -0.1) is 0 Å². The van der Waals surface area contributed by atoms with Gasteiger partial charge in [0.15, 0.2) is 0 Å². The largest absolute Gasteiger partial charge is 0.494 e. The van der Waals surface area contributed by atoms with Gasteiger partial charge < -0.3 is 9.53 Å². The van der Waals surface area contributed by atoms with Crippen LogP contribution in [0.25, 0.3) is 0 Å². The second-order valence-electron chi connectivity index (χ2n) is 5.81. The highest BCUT2D eigenvalue weighted by Gasteiger charge is 1.97. The molecule has 25 heavy (non-hydrogen) atoms. The number of ether oxygens (including phenoxy) is 1. The minimum atomic E-state index is 0.222. The predicted molar refractivity (Wildman–Crippen MR) is 105 cm³/mol. The van der Waals surface area contributed by atoms with Crippen molar-refractivity contribution in [1.29, 1.82) is 0 Å². The van der Waals surface area contributed by atoms with Crippen molar-refractivity contribution in [2.75, 3.05) is 6.61 Å². The van der Waals surface area contributed by atoms with E-state index in [9.17, 15) is 4.79 Å². The third-order valence-corrected chi connectivity index (χ3v) is 3.24. The highest BCUT2D eigenvalue weighted by Crippen LogP contribution is 2.11. The second-order valence-corrected chi connectivity index (χ2v) is 5.81. The van der Waals surface area contributed by atoms with E-state index in [1.165, 1.54) is 12.0 Å². The monoisotopic (exact) mass is 336 g/mol. The van der Waals surface area contributed by atoms with E-state index < -0.39 is 0 Å². The van der Waals surface area contributed by atoms with E-state index in [1.54, 1.807) is 6.92 Å². The number of aryl methyl sites for hydroxylation is 1. The molecule has 0 radical (unpaired) electrons. The van der Waals surface area contributed by atoms with Crippen molar-refractivity contribution in [2.24, 2.45) is 0 Å². The Balaban J connectivity index is 0.000000970. The van der Waals surface area contributed by atoms with Gasteiger partial charge in [-0.2, -0.15) is 0 Å². The lowest BCUT2D eigenvalue weighted by molar-refractivity contribution is -0.116. The molecule has 0 heterocycles. The van der Waals surface area contributed by atoms with Crippen LogP contribution < -0.4 is 4.74 Å². The minimum absolute atomic E-state index is 0.222. The van der Waals surface area contributed by atoms with Crippen LogP contribution in [0.3, 0.4) is 0 Å². The fourth-order valence-electron chi connectivity index (χ4n) is 2.02. The maximum atomic E-state index is 11.0. The van der Waals surface area contributed by atoms with E-state index >= 15 is 0 Å². The standard InChI is InChI=1S/C20H20O2.C3H8/c1-3-22-20-14-12-19(13-15-20)11-10-18-8-6-17(7-9-18)5-4-16(2)21;1-3-2/h6-9,12-15H,3-5H2,1-2H3;3H2,1-2H3. The average molecular weight is 336 g/mol. The third-order valence-electron chi connectivity index (χ3n) is 3.24. The van der Waals surface area contributed by atoms with Crippen LogP contribution in [0, 0.1) is 11.8 Å². The molecule has 0 unspecified atom stereocenters. The third kappa shape index (κ3) is 8.77. The molecule has 0 fully saturated rings. The van der Waals surface area contributed by atoms with Crippen molar-refractivity contribution in [3.63, 3.8) is 0 Å². The highest BCUT2D eigenvalue weighted by atomic mass is 16.5. The summed E-state index contributed by atoms with van der Waals surface area (Å²) in [5.41, 5.74) is 3.10. The molecule has 0 aliphatic carbocycles. The van der Waals surface area contributed by atoms with Gasteiger partial charge >= 0.3 is 0 Å². The van der Waals surface area contributed by atoms with Crippen molar-refractivity contribution in [1.82, 2.24) is 0 Å². The fraction of sp³-hybridized carbons (Fsp3) is 0.348. The Kier molecular flexibility index (Phi) is 9.78. The van der Waals surface area contributed by atoms with Gasteiger partial charge in [-0.25, -0.2) is 0 Å². The molecule has 0 amide bonds. The van der Waals surface area contributed by atoms with Crippen LogP contribution in [0.1, 0.15) is 57.2 Å². The Hall–Kier alpha value is -2.53. The quantitative estimate of drug-likeness (QED) is 0.681. The lowest BCUT2D eigenvalue weighted by Crippen LogP contribution is -1.93. The molecule has 2 aromatic carbocycles. The van der Waals surface area contributed by atoms with Crippen LogP contribution in [-0.2, 0) is 11.2 Å². The maximum Gasteiger partial charge on any atom is 0.130 e. The van der Waals surface area contributed by atoms with Gasteiger partial charge in [0.25, 0.3) is 0 Å². The molecule has 132 valence electrons. The molecular weight excluding hydrogens is 308 g/mol. The Bertz CT molecular complexity index is 686. The van der Waals surface area contributed by atoms with Crippen molar-refractivity contribution < 1.29 is 9.53 Å². The first-order valence-electron chi connectivity index (χ1n) is 8.92. The zero-order valence-electron chi connectivity index (χ0n) is 15.8. The molecule has 2 rings (SSSR count). The Morgan fingerprint density at radius 1 is 0.880 bits per heavy atom. The summed E-state index contributed by atoms with van der Waals surface area (Å²) in [5, 5.41) is 0. The molecule has 0 aliphatic heterocycles. The van der Waals surface area contributed by atoms with Gasteiger partial charge in [-0.05, 0) is 62.2 Å². The minimum Gasteiger partial charge on any atom is -0.494 e. The molecule has 2 aromatic rings. The predicted octanol–water partition coefficient (Wildman–Crippen LogP) is 5.42. The Morgan fingerprint density at radius 2 is 1.36 bits per heavy atom. The van der Waals surface area contributed by atoms with Gasteiger partial charge in [0.05, 0.1) is 6.61 Å². The molecular formula is C23H28O2. The maximum absolute atomic E-state index is 11.0. The van der Waals surface area contributed by atoms with Crippen LogP contribution in [0.15, 0.2) is 48.5 Å². The summed E-state index contributed by atoms with van der Waals surface area (Å²) in [7, 11) is 0. The molecule has 0 saturated carbocycles. The lowest BCUT2D eigenvalue weighted by Gasteiger charge is -2.01. The van der Waals surface area contributed by atoms with Crippen LogP contribution in [0.5, 0.6) is 5.75 Å². The zero-order valence-corrected chi connectivity index (χ0v) is 15.8. The van der Waals surface area contributed by atoms with E-state index in [0.717, 1.165) is 23.3 Å². The summed E-state index contributed by atoms with van der Waals surface area (Å²) >= 11 is 0. The summed E-state index contributed by atoms with van der Waals surface area (Å²) in [4.78, 5) is 11.0. The summed E-state index contributed by atoms with van der Waals surface area (Å²) in [5.74, 6) is 7.37. The van der Waals surface area contributed by atoms with Gasteiger partial charge in [0.2, 0.25) is 0 Å². The van der Waals surface area contributed by atoms with E-state index in [1.807, 2.05) is 55.5 Å². The van der Waals surface area contributed by atoms with E-state index in [4.69, 9.17) is 4.74 Å². The first kappa shape index (κ1) is 20.5. The number of hydrogen-bond acceptors (Lipinski definition) is 2. The van der Waals surface area contributed by atoms with Crippen molar-refractivity contribution >= 4 is 5.78 Å². The second kappa shape index (κ2) is 11.9. The number of rotatable bonds is 5. The summed E-state index contributed by atoms with van der Waals surface area (Å²) in [6.45, 7) is 8.51. The number of benzene rings is 2. The number of hydrogen-bond donors (Lipinski definition) is 0. The summed E-state index contributed by atoms with van der Waals surface area (Å²) in [6.07, 6.45) is 2.64. The highest BCUT2D eigenvalue weighted by molar-refractivity contribution is 5.75. The van der Waals surface area contributed by atoms with Gasteiger partial charge in [0.1, 0.15) is 11.5 Å². The molecule has 0 atom stereocenters. The molecule has 2 nitrogen and oxygen atoms in total. The van der Waals surface area contributed by atoms with E-state index in [0.29, 0.717) is 13.0 Å². The van der Waals surface area contributed by atoms with Crippen molar-refractivity contribution in [3.8, 4) is 17.6 Å². The fourth-order valence-corrected chi connectivity index (χ4v) is 2.02. The van der Waals surface area contributed by atoms with Gasteiger partial charge in [0, 0.05) is 17.5 Å². The molecule has 2 heteroatoms. The number of carbonyl (C=O) groups excluding carboxylic acids is 1. The molecule has 0 bridgehead atoms. The zero-order chi connectivity index (χ0) is 18.5. The number of carbonyl (C=O) groups is 1. The van der Waals surface area contributed by atoms with Crippen LogP contribution in [-0.4, -0.2) is 12.4 Å². The van der Waals surface area contributed by atoms with Crippen LogP contribution in [0.4, 0.5) is 0 Å². The first-order valence-corrected chi connectivity index (χ1v) is 8.92. The van der Waals surface area contributed by atoms with Gasteiger partial charge in [-0.3, -0.25) is 0 Å². The molecule has 0 N–H and O–H groups in total. The Labute approximate surface area is 152 Å². The van der Waals surface area contributed by atoms with E-state index in [2.05, 4.69) is 25.7 Å².